The summed E-state index contributed by atoms with van der Waals surface area (Å²) >= 11 is 0. The number of anilines is 2. The van der Waals surface area contributed by atoms with Crippen LogP contribution in [0.1, 0.15) is 32.6 Å². The molecule has 0 saturated carbocycles. The van der Waals surface area contributed by atoms with Gasteiger partial charge < -0.3 is 20.5 Å². The average molecular weight is 280 g/mol. The van der Waals surface area contributed by atoms with Crippen LogP contribution in [0.4, 0.5) is 11.4 Å². The molecule has 0 radical (unpaired) electrons. The van der Waals surface area contributed by atoms with Gasteiger partial charge in [0.2, 0.25) is 5.91 Å². The number of rotatable bonds is 9. The number of hydrogen-bond acceptors (Lipinski definition) is 4. The summed E-state index contributed by atoms with van der Waals surface area (Å²) in [7, 11) is 1.56. The Kier molecular flexibility index (Phi) is 7.50. The number of hydrogen-bond donors (Lipinski definition) is 2. The molecular weight excluding hydrogens is 256 g/mol. The molecule has 3 N–H and O–H groups in total. The largest absolute Gasteiger partial charge is 0.495 e. The van der Waals surface area contributed by atoms with E-state index >= 15 is 0 Å². The predicted molar refractivity (Wildman–Crippen MR) is 81.0 cm³/mol. The molecule has 0 aromatic heterocycles. The number of nitrogen functional groups attached to an aromatic ring is 1. The van der Waals surface area contributed by atoms with Gasteiger partial charge in [-0.1, -0.05) is 13.3 Å². The third-order valence-electron chi connectivity index (χ3n) is 2.83. The summed E-state index contributed by atoms with van der Waals surface area (Å²) in [5.74, 6) is 0.541. The Bertz CT molecular complexity index is 422. The van der Waals surface area contributed by atoms with Gasteiger partial charge in [0.15, 0.2) is 0 Å². The van der Waals surface area contributed by atoms with Gasteiger partial charge in [-0.05, 0) is 31.0 Å². The minimum absolute atomic E-state index is 0.0620. The molecule has 0 saturated heterocycles. The van der Waals surface area contributed by atoms with Crippen molar-refractivity contribution in [2.45, 2.75) is 32.6 Å². The Labute approximate surface area is 120 Å². The Morgan fingerprint density at radius 3 is 2.75 bits per heavy atom. The number of nitrogens with one attached hydrogen (secondary N) is 1. The first-order valence-electron chi connectivity index (χ1n) is 6.98. The molecule has 0 heterocycles. The van der Waals surface area contributed by atoms with Crippen molar-refractivity contribution < 1.29 is 14.3 Å². The van der Waals surface area contributed by atoms with E-state index in [1.165, 1.54) is 0 Å². The Balaban J connectivity index is 2.33. The fourth-order valence-electron chi connectivity index (χ4n) is 1.72. The van der Waals surface area contributed by atoms with E-state index in [-0.39, 0.29) is 5.91 Å². The molecule has 0 spiro atoms. The highest BCUT2D eigenvalue weighted by atomic mass is 16.5. The lowest BCUT2D eigenvalue weighted by molar-refractivity contribution is -0.116. The molecule has 1 amide bonds. The smallest absolute Gasteiger partial charge is 0.224 e. The van der Waals surface area contributed by atoms with E-state index in [9.17, 15) is 4.79 Å². The van der Waals surface area contributed by atoms with Gasteiger partial charge in [0.05, 0.1) is 12.8 Å². The lowest BCUT2D eigenvalue weighted by Crippen LogP contribution is -2.13. The number of unbranched alkanes of at least 4 members (excludes halogenated alkanes) is 1. The van der Waals surface area contributed by atoms with Gasteiger partial charge in [0.1, 0.15) is 5.75 Å². The monoisotopic (exact) mass is 280 g/mol. The van der Waals surface area contributed by atoms with Crippen LogP contribution >= 0.6 is 0 Å². The number of ether oxygens (including phenoxy) is 2. The van der Waals surface area contributed by atoms with Crippen LogP contribution in [-0.2, 0) is 9.53 Å². The number of carbonyl (C=O) groups excluding carboxylic acids is 1. The SMILES string of the molecule is CCCCOCCCC(=O)Nc1cc(N)ccc1OC. The first-order valence-corrected chi connectivity index (χ1v) is 6.98. The van der Waals surface area contributed by atoms with Crippen LogP contribution in [0.3, 0.4) is 0 Å². The normalized spacial score (nSPS) is 10.3. The van der Waals surface area contributed by atoms with Crippen LogP contribution in [0, 0.1) is 0 Å². The zero-order valence-electron chi connectivity index (χ0n) is 12.3. The van der Waals surface area contributed by atoms with E-state index in [1.807, 2.05) is 0 Å². The van der Waals surface area contributed by atoms with Crippen LogP contribution in [0.15, 0.2) is 18.2 Å². The molecule has 1 aromatic carbocycles. The summed E-state index contributed by atoms with van der Waals surface area (Å²) in [6, 6.07) is 5.16. The first-order chi connectivity index (χ1) is 9.67. The molecular formula is C15H24N2O3. The lowest BCUT2D eigenvalue weighted by atomic mass is 10.2. The van der Waals surface area contributed by atoms with Crippen molar-refractivity contribution in [3.8, 4) is 5.75 Å². The van der Waals surface area contributed by atoms with Crippen molar-refractivity contribution in [2.24, 2.45) is 0 Å². The molecule has 0 fully saturated rings. The highest BCUT2D eigenvalue weighted by Crippen LogP contribution is 2.26. The Hall–Kier alpha value is -1.75. The molecule has 0 bridgehead atoms. The van der Waals surface area contributed by atoms with Crippen LogP contribution in [0.5, 0.6) is 5.75 Å². The highest BCUT2D eigenvalue weighted by Gasteiger charge is 2.07. The summed E-state index contributed by atoms with van der Waals surface area (Å²) in [6.45, 7) is 3.50. The number of methoxy groups -OCH3 is 1. The molecule has 1 aromatic rings. The quantitative estimate of drug-likeness (QED) is 0.539. The standard InChI is InChI=1S/C15H24N2O3/c1-3-4-9-20-10-5-6-15(18)17-13-11-12(16)7-8-14(13)19-2/h7-8,11H,3-6,9-10,16H2,1-2H3,(H,17,18). The molecule has 20 heavy (non-hydrogen) atoms. The average Bonchev–Trinajstić information content (AvgIpc) is 2.43. The summed E-state index contributed by atoms with van der Waals surface area (Å²) in [6.07, 6.45) is 3.31. The number of amides is 1. The lowest BCUT2D eigenvalue weighted by Gasteiger charge is -2.11. The molecule has 0 aliphatic carbocycles. The fraction of sp³-hybridized carbons (Fsp3) is 0.533. The van der Waals surface area contributed by atoms with Crippen LogP contribution in [0.2, 0.25) is 0 Å². The van der Waals surface area contributed by atoms with Crippen molar-refractivity contribution in [2.75, 3.05) is 31.4 Å². The van der Waals surface area contributed by atoms with E-state index in [1.54, 1.807) is 25.3 Å². The van der Waals surface area contributed by atoms with Crippen LogP contribution in [-0.4, -0.2) is 26.2 Å². The second-order valence-electron chi connectivity index (χ2n) is 4.58. The zero-order chi connectivity index (χ0) is 14.8. The van der Waals surface area contributed by atoms with Crippen molar-refractivity contribution in [1.82, 2.24) is 0 Å². The maximum Gasteiger partial charge on any atom is 0.224 e. The van der Waals surface area contributed by atoms with E-state index in [0.29, 0.717) is 36.6 Å². The van der Waals surface area contributed by atoms with Crippen molar-refractivity contribution in [3.63, 3.8) is 0 Å². The topological polar surface area (TPSA) is 73.6 Å². The van der Waals surface area contributed by atoms with Crippen LogP contribution < -0.4 is 15.8 Å². The van der Waals surface area contributed by atoms with Gasteiger partial charge in [-0.2, -0.15) is 0 Å². The molecule has 0 atom stereocenters. The summed E-state index contributed by atoms with van der Waals surface area (Å²) < 4.78 is 10.6. The van der Waals surface area contributed by atoms with Crippen molar-refractivity contribution in [1.29, 1.82) is 0 Å². The second-order valence-corrected chi connectivity index (χ2v) is 4.58. The maximum absolute atomic E-state index is 11.8. The molecule has 5 heteroatoms. The Morgan fingerprint density at radius 1 is 1.30 bits per heavy atom. The summed E-state index contributed by atoms with van der Waals surface area (Å²) in [5, 5.41) is 2.80. The number of carbonyl (C=O) groups is 1. The number of benzene rings is 1. The van der Waals surface area contributed by atoms with E-state index in [4.69, 9.17) is 15.2 Å². The minimum atomic E-state index is -0.0620. The van der Waals surface area contributed by atoms with Gasteiger partial charge in [0.25, 0.3) is 0 Å². The zero-order valence-corrected chi connectivity index (χ0v) is 12.3. The van der Waals surface area contributed by atoms with E-state index in [2.05, 4.69) is 12.2 Å². The second kappa shape index (κ2) is 9.20. The van der Waals surface area contributed by atoms with Crippen LogP contribution in [0.25, 0.3) is 0 Å². The fourth-order valence-corrected chi connectivity index (χ4v) is 1.72. The van der Waals surface area contributed by atoms with Crippen molar-refractivity contribution in [3.05, 3.63) is 18.2 Å². The maximum atomic E-state index is 11.8. The van der Waals surface area contributed by atoms with Crippen molar-refractivity contribution >= 4 is 17.3 Å². The minimum Gasteiger partial charge on any atom is -0.495 e. The van der Waals surface area contributed by atoms with Gasteiger partial charge >= 0.3 is 0 Å². The molecule has 0 aliphatic rings. The Morgan fingerprint density at radius 2 is 2.05 bits per heavy atom. The third-order valence-corrected chi connectivity index (χ3v) is 2.83. The molecule has 112 valence electrons. The highest BCUT2D eigenvalue weighted by molar-refractivity contribution is 5.92. The molecule has 1 rings (SSSR count). The van der Waals surface area contributed by atoms with Gasteiger partial charge in [-0.15, -0.1) is 0 Å². The first kappa shape index (κ1) is 16.3. The molecule has 0 aliphatic heterocycles. The molecule has 5 nitrogen and oxygen atoms in total. The third kappa shape index (κ3) is 5.93. The summed E-state index contributed by atoms with van der Waals surface area (Å²) in [5.41, 5.74) is 6.89. The molecule has 0 unspecified atom stereocenters. The number of nitrogens with two attached hydrogens (primary N) is 1. The summed E-state index contributed by atoms with van der Waals surface area (Å²) in [4.78, 5) is 11.8. The predicted octanol–water partition coefficient (Wildman–Crippen LogP) is 2.81. The van der Waals surface area contributed by atoms with E-state index < -0.39 is 0 Å². The van der Waals surface area contributed by atoms with E-state index in [0.717, 1.165) is 19.4 Å². The van der Waals surface area contributed by atoms with Gasteiger partial charge in [-0.3, -0.25) is 4.79 Å². The van der Waals surface area contributed by atoms with Gasteiger partial charge in [-0.25, -0.2) is 0 Å². The van der Waals surface area contributed by atoms with Gasteiger partial charge in [0, 0.05) is 25.3 Å².